The number of carbonyl (C=O) groups is 1. The number of nitrogens with one attached hydrogen (secondary N) is 1. The number of carboxylic acid groups (broad SMARTS) is 1. The number of aromatic nitrogens is 2. The highest BCUT2D eigenvalue weighted by Gasteiger charge is 2.12. The van der Waals surface area contributed by atoms with Crippen LogP contribution in [-0.2, 0) is 9.84 Å². The second kappa shape index (κ2) is 4.88. The quantitative estimate of drug-likeness (QED) is 0.728. The van der Waals surface area contributed by atoms with Crippen LogP contribution in [0.4, 0.5) is 5.82 Å². The van der Waals surface area contributed by atoms with Gasteiger partial charge in [-0.05, 0) is 0 Å². The Hall–Kier alpha value is -1.70. The van der Waals surface area contributed by atoms with Gasteiger partial charge in [0.1, 0.15) is 9.84 Å². The van der Waals surface area contributed by atoms with Crippen molar-refractivity contribution < 1.29 is 18.3 Å². The van der Waals surface area contributed by atoms with Crippen LogP contribution in [0.5, 0.6) is 0 Å². The van der Waals surface area contributed by atoms with E-state index in [-0.39, 0.29) is 23.8 Å². The lowest BCUT2D eigenvalue weighted by molar-refractivity contribution is 0.0691. The highest BCUT2D eigenvalue weighted by Crippen LogP contribution is 2.07. The van der Waals surface area contributed by atoms with Crippen LogP contribution in [0.15, 0.2) is 12.4 Å². The molecule has 8 heteroatoms. The first-order chi connectivity index (χ1) is 7.40. The Morgan fingerprint density at radius 2 is 2.06 bits per heavy atom. The third kappa shape index (κ3) is 3.81. The van der Waals surface area contributed by atoms with Crippen LogP contribution in [0.2, 0.25) is 0 Å². The summed E-state index contributed by atoms with van der Waals surface area (Å²) in [6.45, 7) is 0.0950. The minimum Gasteiger partial charge on any atom is -0.476 e. The molecule has 1 aromatic heterocycles. The molecule has 1 rings (SSSR count). The Bertz CT molecular complexity index is 486. The molecule has 0 bridgehead atoms. The lowest BCUT2D eigenvalue weighted by Crippen LogP contribution is -2.17. The van der Waals surface area contributed by atoms with Gasteiger partial charge in [-0.2, -0.15) is 0 Å². The van der Waals surface area contributed by atoms with Crippen molar-refractivity contribution in [3.05, 3.63) is 18.1 Å². The maximum absolute atomic E-state index is 10.8. The van der Waals surface area contributed by atoms with Crippen molar-refractivity contribution in [1.82, 2.24) is 9.97 Å². The molecule has 0 unspecified atom stereocenters. The fourth-order valence-corrected chi connectivity index (χ4v) is 1.45. The normalized spacial score (nSPS) is 11.1. The SMILES string of the molecule is CS(=O)(=O)CCNc1nccnc1C(=O)O. The fourth-order valence-electron chi connectivity index (χ4n) is 0.979. The zero-order valence-electron chi connectivity index (χ0n) is 8.54. The molecule has 0 aliphatic heterocycles. The summed E-state index contributed by atoms with van der Waals surface area (Å²) in [7, 11) is -3.09. The van der Waals surface area contributed by atoms with E-state index in [1.54, 1.807) is 0 Å². The minimum absolute atomic E-state index is 0.0682. The zero-order chi connectivity index (χ0) is 12.2. The summed E-state index contributed by atoms with van der Waals surface area (Å²) in [6, 6.07) is 0. The standard InChI is InChI=1S/C8H11N3O4S/c1-16(14,15)5-4-11-7-6(8(12)13)9-2-3-10-7/h2-3H,4-5H2,1H3,(H,10,11)(H,12,13). The van der Waals surface area contributed by atoms with Gasteiger partial charge in [-0.25, -0.2) is 23.2 Å². The molecule has 1 heterocycles. The second-order valence-electron chi connectivity index (χ2n) is 3.12. The van der Waals surface area contributed by atoms with Gasteiger partial charge in [-0.1, -0.05) is 0 Å². The van der Waals surface area contributed by atoms with Crippen LogP contribution >= 0.6 is 0 Å². The Kier molecular flexibility index (Phi) is 3.78. The van der Waals surface area contributed by atoms with Crippen molar-refractivity contribution in [2.45, 2.75) is 0 Å². The van der Waals surface area contributed by atoms with E-state index < -0.39 is 15.8 Å². The van der Waals surface area contributed by atoms with Crippen molar-refractivity contribution in [3.63, 3.8) is 0 Å². The number of nitrogens with zero attached hydrogens (tertiary/aromatic N) is 2. The van der Waals surface area contributed by atoms with Gasteiger partial charge in [0.25, 0.3) is 0 Å². The van der Waals surface area contributed by atoms with Crippen LogP contribution in [0.1, 0.15) is 10.5 Å². The van der Waals surface area contributed by atoms with Gasteiger partial charge in [0.05, 0.1) is 5.75 Å². The second-order valence-corrected chi connectivity index (χ2v) is 5.38. The van der Waals surface area contributed by atoms with E-state index in [1.807, 2.05) is 0 Å². The first-order valence-corrected chi connectivity index (χ1v) is 6.42. The lowest BCUT2D eigenvalue weighted by atomic mass is 10.4. The Morgan fingerprint density at radius 3 is 2.62 bits per heavy atom. The van der Waals surface area contributed by atoms with E-state index in [1.165, 1.54) is 12.4 Å². The molecule has 0 amide bonds. The molecule has 0 atom stereocenters. The van der Waals surface area contributed by atoms with Gasteiger partial charge in [0.2, 0.25) is 0 Å². The summed E-state index contributed by atoms with van der Waals surface area (Å²) >= 11 is 0. The predicted octanol–water partition coefficient (Wildman–Crippen LogP) is -0.369. The molecule has 2 N–H and O–H groups in total. The van der Waals surface area contributed by atoms with E-state index in [9.17, 15) is 13.2 Å². The third-order valence-electron chi connectivity index (χ3n) is 1.67. The highest BCUT2D eigenvalue weighted by molar-refractivity contribution is 7.90. The van der Waals surface area contributed by atoms with Gasteiger partial charge in [0, 0.05) is 25.2 Å². The monoisotopic (exact) mass is 245 g/mol. The molecular formula is C8H11N3O4S. The van der Waals surface area contributed by atoms with Crippen LogP contribution in [0, 0.1) is 0 Å². The topological polar surface area (TPSA) is 109 Å². The molecule has 0 aromatic carbocycles. The summed E-state index contributed by atoms with van der Waals surface area (Å²) in [5, 5.41) is 11.4. The van der Waals surface area contributed by atoms with Crippen LogP contribution in [0.3, 0.4) is 0 Å². The average molecular weight is 245 g/mol. The van der Waals surface area contributed by atoms with Crippen molar-refractivity contribution in [2.75, 3.05) is 23.9 Å². The number of rotatable bonds is 5. The maximum Gasteiger partial charge on any atom is 0.358 e. The van der Waals surface area contributed by atoms with E-state index >= 15 is 0 Å². The molecular weight excluding hydrogens is 234 g/mol. The number of hydrogen-bond acceptors (Lipinski definition) is 6. The lowest BCUT2D eigenvalue weighted by Gasteiger charge is -2.06. The molecule has 0 spiro atoms. The number of aromatic carboxylic acids is 1. The van der Waals surface area contributed by atoms with Gasteiger partial charge in [-0.3, -0.25) is 0 Å². The minimum atomic E-state index is -3.09. The molecule has 0 fully saturated rings. The largest absolute Gasteiger partial charge is 0.476 e. The van der Waals surface area contributed by atoms with E-state index in [0.29, 0.717) is 0 Å². The van der Waals surface area contributed by atoms with Crippen LogP contribution in [0.25, 0.3) is 0 Å². The summed E-state index contributed by atoms with van der Waals surface area (Å²) in [5.74, 6) is -1.24. The van der Waals surface area contributed by atoms with Gasteiger partial charge < -0.3 is 10.4 Å². The van der Waals surface area contributed by atoms with Crippen molar-refractivity contribution in [1.29, 1.82) is 0 Å². The number of carboxylic acids is 1. The number of sulfone groups is 1. The molecule has 16 heavy (non-hydrogen) atoms. The van der Waals surface area contributed by atoms with E-state index in [2.05, 4.69) is 15.3 Å². The summed E-state index contributed by atoms with van der Waals surface area (Å²) in [6.07, 6.45) is 3.68. The maximum atomic E-state index is 10.8. The molecule has 7 nitrogen and oxygen atoms in total. The Balaban J connectivity index is 2.71. The molecule has 0 saturated carbocycles. The van der Waals surface area contributed by atoms with E-state index in [0.717, 1.165) is 6.26 Å². The van der Waals surface area contributed by atoms with Crippen molar-refractivity contribution >= 4 is 21.6 Å². The average Bonchev–Trinajstić information content (AvgIpc) is 2.16. The molecule has 0 radical (unpaired) electrons. The molecule has 0 aliphatic rings. The third-order valence-corrected chi connectivity index (χ3v) is 2.61. The first-order valence-electron chi connectivity index (χ1n) is 4.36. The van der Waals surface area contributed by atoms with Crippen molar-refractivity contribution in [2.24, 2.45) is 0 Å². The van der Waals surface area contributed by atoms with Crippen LogP contribution in [-0.4, -0.2) is 48.0 Å². The Labute approximate surface area is 92.5 Å². The summed E-state index contributed by atoms with van der Waals surface area (Å²) < 4.78 is 21.7. The molecule has 0 aliphatic carbocycles. The van der Waals surface area contributed by atoms with Crippen LogP contribution < -0.4 is 5.32 Å². The molecule has 1 aromatic rings. The summed E-state index contributed by atoms with van der Waals surface area (Å²) in [4.78, 5) is 18.1. The van der Waals surface area contributed by atoms with E-state index in [4.69, 9.17) is 5.11 Å². The van der Waals surface area contributed by atoms with Gasteiger partial charge in [-0.15, -0.1) is 0 Å². The Morgan fingerprint density at radius 1 is 1.44 bits per heavy atom. The molecule has 0 saturated heterocycles. The number of anilines is 1. The smallest absolute Gasteiger partial charge is 0.358 e. The highest BCUT2D eigenvalue weighted by atomic mass is 32.2. The fraction of sp³-hybridized carbons (Fsp3) is 0.375. The van der Waals surface area contributed by atoms with Gasteiger partial charge >= 0.3 is 5.97 Å². The first kappa shape index (κ1) is 12.4. The molecule has 88 valence electrons. The van der Waals surface area contributed by atoms with Gasteiger partial charge in [0.15, 0.2) is 11.5 Å². The zero-order valence-corrected chi connectivity index (χ0v) is 9.36. The summed E-state index contributed by atoms with van der Waals surface area (Å²) in [5.41, 5.74) is -0.226. The number of hydrogen-bond donors (Lipinski definition) is 2. The van der Waals surface area contributed by atoms with Crippen molar-refractivity contribution in [3.8, 4) is 0 Å². The predicted molar refractivity (Wildman–Crippen MR) is 57.2 cm³/mol.